The molecule has 0 aliphatic heterocycles. The fraction of sp³-hybridized carbons (Fsp3) is 0.579. The predicted molar refractivity (Wildman–Crippen MR) is 101 cm³/mol. The summed E-state index contributed by atoms with van der Waals surface area (Å²) in [7, 11) is 0. The van der Waals surface area contributed by atoms with Gasteiger partial charge in [-0.1, -0.05) is 46.3 Å². The lowest BCUT2D eigenvalue weighted by atomic mass is 10.2. The molecule has 0 aromatic heterocycles. The minimum Gasteiger partial charge on any atom is -0.460 e. The molecule has 1 aromatic carbocycles. The molecule has 0 bridgehead atoms. The number of hydroxylamine groups is 2. The largest absolute Gasteiger partial charge is 0.460 e. The molecular formula is C19H28BrNO4. The lowest BCUT2D eigenvalue weighted by Gasteiger charge is -2.23. The van der Waals surface area contributed by atoms with Crippen LogP contribution in [0.5, 0.6) is 0 Å². The van der Waals surface area contributed by atoms with Crippen LogP contribution in [0.2, 0.25) is 0 Å². The van der Waals surface area contributed by atoms with Crippen molar-refractivity contribution in [3.8, 4) is 0 Å². The maximum atomic E-state index is 12.4. The highest BCUT2D eigenvalue weighted by Crippen LogP contribution is 2.11. The zero-order chi connectivity index (χ0) is 18.7. The highest BCUT2D eigenvalue weighted by Gasteiger charge is 2.20. The van der Waals surface area contributed by atoms with Gasteiger partial charge in [0.15, 0.2) is 0 Å². The smallest absolute Gasteiger partial charge is 0.308 e. The lowest BCUT2D eigenvalue weighted by Crippen LogP contribution is -2.34. The van der Waals surface area contributed by atoms with Gasteiger partial charge in [0.2, 0.25) is 5.91 Å². The molecule has 0 saturated heterocycles. The number of esters is 1. The number of rotatable bonds is 10. The molecular weight excluding hydrogens is 386 g/mol. The fourth-order valence-corrected chi connectivity index (χ4v) is 2.47. The second-order valence-corrected chi connectivity index (χ2v) is 7.53. The first-order valence-corrected chi connectivity index (χ1v) is 9.69. The molecule has 0 fully saturated rings. The quantitative estimate of drug-likeness (QED) is 0.249. The Morgan fingerprint density at radius 1 is 1.08 bits per heavy atom. The molecule has 1 rings (SSSR count). The van der Waals surface area contributed by atoms with E-state index >= 15 is 0 Å². The summed E-state index contributed by atoms with van der Waals surface area (Å²) in [5, 5.41) is 2.16. The van der Waals surface area contributed by atoms with Crippen LogP contribution in [0.15, 0.2) is 30.3 Å². The summed E-state index contributed by atoms with van der Waals surface area (Å²) in [6.07, 6.45) is 2.21. The highest BCUT2D eigenvalue weighted by atomic mass is 79.9. The molecule has 1 aromatic rings. The van der Waals surface area contributed by atoms with Gasteiger partial charge in [-0.25, -0.2) is 5.06 Å². The molecule has 140 valence electrons. The molecule has 6 heteroatoms. The van der Waals surface area contributed by atoms with Crippen molar-refractivity contribution >= 4 is 27.8 Å². The third-order valence-corrected chi connectivity index (χ3v) is 3.78. The zero-order valence-electron chi connectivity index (χ0n) is 15.3. The molecule has 0 heterocycles. The Bertz CT molecular complexity index is 528. The van der Waals surface area contributed by atoms with Crippen LogP contribution in [-0.4, -0.2) is 34.4 Å². The molecule has 0 saturated carbocycles. The SMILES string of the molecule is CC(C)(C)OC(=O)CCN(OCc1ccccc1)C(=O)CCCCBr. The number of hydrogen-bond donors (Lipinski definition) is 0. The van der Waals surface area contributed by atoms with Crippen molar-refractivity contribution in [1.29, 1.82) is 0 Å². The van der Waals surface area contributed by atoms with Crippen LogP contribution in [0.4, 0.5) is 0 Å². The summed E-state index contributed by atoms with van der Waals surface area (Å²) in [6.45, 7) is 5.94. The van der Waals surface area contributed by atoms with Gasteiger partial charge >= 0.3 is 5.97 Å². The van der Waals surface area contributed by atoms with Crippen LogP contribution in [0, 0.1) is 0 Å². The fourth-order valence-electron chi connectivity index (χ4n) is 2.07. The Hall–Kier alpha value is -1.40. The van der Waals surface area contributed by atoms with Gasteiger partial charge in [-0.2, -0.15) is 0 Å². The molecule has 0 unspecified atom stereocenters. The maximum absolute atomic E-state index is 12.4. The lowest BCUT2D eigenvalue weighted by molar-refractivity contribution is -0.194. The third-order valence-electron chi connectivity index (χ3n) is 3.22. The normalized spacial score (nSPS) is 11.2. The van der Waals surface area contributed by atoms with E-state index in [-0.39, 0.29) is 24.8 Å². The summed E-state index contributed by atoms with van der Waals surface area (Å²) >= 11 is 3.36. The van der Waals surface area contributed by atoms with Crippen molar-refractivity contribution in [2.24, 2.45) is 0 Å². The number of carbonyl (C=O) groups excluding carboxylic acids is 2. The Morgan fingerprint density at radius 2 is 1.76 bits per heavy atom. The number of nitrogens with zero attached hydrogens (tertiary/aromatic N) is 1. The summed E-state index contributed by atoms with van der Waals surface area (Å²) in [4.78, 5) is 29.9. The summed E-state index contributed by atoms with van der Waals surface area (Å²) in [6, 6.07) is 9.63. The molecule has 0 spiro atoms. The average molecular weight is 414 g/mol. The van der Waals surface area contributed by atoms with Crippen LogP contribution < -0.4 is 0 Å². The molecule has 0 radical (unpaired) electrons. The van der Waals surface area contributed by atoms with Crippen LogP contribution in [0.25, 0.3) is 0 Å². The molecule has 0 aliphatic carbocycles. The number of halogens is 1. The van der Waals surface area contributed by atoms with E-state index in [0.29, 0.717) is 13.0 Å². The number of ether oxygens (including phenoxy) is 1. The molecule has 1 amide bonds. The number of hydrogen-bond acceptors (Lipinski definition) is 4. The van der Waals surface area contributed by atoms with Gasteiger partial charge in [0.1, 0.15) is 12.2 Å². The Kier molecular flexibility index (Phi) is 9.75. The van der Waals surface area contributed by atoms with Crippen molar-refractivity contribution in [3.63, 3.8) is 0 Å². The predicted octanol–water partition coefficient (Wildman–Crippen LogP) is 4.24. The van der Waals surface area contributed by atoms with E-state index in [4.69, 9.17) is 9.57 Å². The number of carbonyl (C=O) groups is 2. The third kappa shape index (κ3) is 10.2. The van der Waals surface area contributed by atoms with E-state index in [1.165, 1.54) is 5.06 Å². The van der Waals surface area contributed by atoms with E-state index < -0.39 is 5.60 Å². The van der Waals surface area contributed by atoms with Crippen molar-refractivity contribution in [2.75, 3.05) is 11.9 Å². The first-order valence-electron chi connectivity index (χ1n) is 8.57. The molecule has 0 aliphatic rings. The summed E-state index contributed by atoms with van der Waals surface area (Å²) < 4.78 is 5.29. The second kappa shape index (κ2) is 11.3. The van der Waals surface area contributed by atoms with Gasteiger partial charge < -0.3 is 4.74 Å². The van der Waals surface area contributed by atoms with Crippen LogP contribution in [0.3, 0.4) is 0 Å². The van der Waals surface area contributed by atoms with E-state index in [1.807, 2.05) is 51.1 Å². The van der Waals surface area contributed by atoms with Crippen molar-refractivity contribution < 1.29 is 19.2 Å². The standard InChI is InChI=1S/C19H28BrNO4/c1-19(2,3)25-18(23)12-14-21(17(22)11-7-8-13-20)24-15-16-9-5-4-6-10-16/h4-6,9-10H,7-8,11-15H2,1-3H3. The van der Waals surface area contributed by atoms with Gasteiger partial charge in [-0.3, -0.25) is 14.4 Å². The van der Waals surface area contributed by atoms with Crippen LogP contribution in [-0.2, 0) is 25.8 Å². The second-order valence-electron chi connectivity index (χ2n) is 6.74. The number of unbranched alkanes of at least 4 members (excludes halogenated alkanes) is 1. The highest BCUT2D eigenvalue weighted by molar-refractivity contribution is 9.09. The van der Waals surface area contributed by atoms with E-state index in [2.05, 4.69) is 15.9 Å². The topological polar surface area (TPSA) is 55.8 Å². The summed E-state index contributed by atoms with van der Waals surface area (Å²) in [5.41, 5.74) is 0.435. The minimum absolute atomic E-state index is 0.107. The van der Waals surface area contributed by atoms with Gasteiger partial charge in [-0.05, 0) is 39.2 Å². The first kappa shape index (κ1) is 21.6. The van der Waals surface area contributed by atoms with Gasteiger partial charge in [0.25, 0.3) is 0 Å². The number of alkyl halides is 1. The van der Waals surface area contributed by atoms with Gasteiger partial charge in [0.05, 0.1) is 13.0 Å². The Balaban J connectivity index is 2.57. The Morgan fingerprint density at radius 3 is 2.36 bits per heavy atom. The maximum Gasteiger partial charge on any atom is 0.308 e. The molecule has 25 heavy (non-hydrogen) atoms. The molecule has 0 N–H and O–H groups in total. The van der Waals surface area contributed by atoms with Gasteiger partial charge in [0, 0.05) is 11.8 Å². The van der Waals surface area contributed by atoms with Crippen molar-refractivity contribution in [1.82, 2.24) is 5.06 Å². The van der Waals surface area contributed by atoms with Gasteiger partial charge in [-0.15, -0.1) is 0 Å². The molecule has 5 nitrogen and oxygen atoms in total. The molecule has 0 atom stereocenters. The summed E-state index contributed by atoms with van der Waals surface area (Å²) in [5.74, 6) is -0.450. The zero-order valence-corrected chi connectivity index (χ0v) is 16.9. The van der Waals surface area contributed by atoms with E-state index in [0.717, 1.165) is 23.7 Å². The van der Waals surface area contributed by atoms with Crippen molar-refractivity contribution in [3.05, 3.63) is 35.9 Å². The minimum atomic E-state index is -0.535. The van der Waals surface area contributed by atoms with Crippen LogP contribution >= 0.6 is 15.9 Å². The number of amides is 1. The Labute approximate surface area is 158 Å². The average Bonchev–Trinajstić information content (AvgIpc) is 2.54. The first-order chi connectivity index (χ1) is 11.8. The van der Waals surface area contributed by atoms with Crippen molar-refractivity contribution in [2.45, 2.75) is 58.7 Å². The van der Waals surface area contributed by atoms with E-state index in [1.54, 1.807) is 0 Å². The van der Waals surface area contributed by atoms with E-state index in [9.17, 15) is 9.59 Å². The monoisotopic (exact) mass is 413 g/mol. The van der Waals surface area contributed by atoms with Crippen LogP contribution in [0.1, 0.15) is 52.0 Å². The number of benzene rings is 1.